The number of hydrogen-bond acceptors (Lipinski definition) is 3. The molecule has 1 amide bonds. The third kappa shape index (κ3) is 8.81. The summed E-state index contributed by atoms with van der Waals surface area (Å²) in [6.07, 6.45) is 2.01. The first-order chi connectivity index (χ1) is 9.49. The van der Waals surface area contributed by atoms with Gasteiger partial charge >= 0.3 is 0 Å². The number of carbonyl (C=O) groups is 1. The fraction of sp³-hybridized carbons (Fsp3) is 0.533. The molecule has 0 saturated heterocycles. The van der Waals surface area contributed by atoms with Crippen molar-refractivity contribution in [3.63, 3.8) is 0 Å². The topological polar surface area (TPSA) is 55.6 Å². The molecule has 0 heterocycles. The van der Waals surface area contributed by atoms with Crippen LogP contribution in [0.3, 0.4) is 0 Å². The summed E-state index contributed by atoms with van der Waals surface area (Å²) in [6, 6.07) is 7.36. The molecule has 0 saturated carbocycles. The minimum absolute atomic E-state index is 0. The number of nitrogens with two attached hydrogens (primary N) is 1. The van der Waals surface area contributed by atoms with Gasteiger partial charge in [0.25, 0.3) is 0 Å². The van der Waals surface area contributed by atoms with Crippen LogP contribution in [0.25, 0.3) is 0 Å². The van der Waals surface area contributed by atoms with Gasteiger partial charge in [0.05, 0.1) is 6.61 Å². The summed E-state index contributed by atoms with van der Waals surface area (Å²) in [5.41, 5.74) is 5.64. The van der Waals surface area contributed by atoms with E-state index in [0.717, 1.165) is 18.6 Å². The Kier molecular flexibility index (Phi) is 10.2. The third-order valence-electron chi connectivity index (χ3n) is 2.94. The van der Waals surface area contributed by atoms with Crippen molar-refractivity contribution in [1.82, 2.24) is 4.90 Å². The Bertz CT molecular complexity index is 428. The average Bonchev–Trinajstić information content (AvgIpc) is 2.40. The molecule has 6 heteroatoms. The maximum atomic E-state index is 11.8. The Labute approximate surface area is 138 Å². The van der Waals surface area contributed by atoms with Gasteiger partial charge < -0.3 is 15.4 Å². The number of nitrogens with zero attached hydrogens (tertiary/aromatic N) is 1. The molecule has 0 aromatic heterocycles. The van der Waals surface area contributed by atoms with Crippen LogP contribution in [0, 0.1) is 0 Å². The molecule has 0 aliphatic heterocycles. The lowest BCUT2D eigenvalue weighted by molar-refractivity contribution is -0.130. The molecule has 0 bridgehead atoms. The van der Waals surface area contributed by atoms with Crippen LogP contribution in [0.4, 0.5) is 0 Å². The van der Waals surface area contributed by atoms with E-state index in [1.165, 1.54) is 0 Å². The van der Waals surface area contributed by atoms with Crippen LogP contribution in [0.15, 0.2) is 24.3 Å². The Morgan fingerprint density at radius 1 is 1.48 bits per heavy atom. The number of amides is 1. The molecule has 1 aromatic carbocycles. The molecule has 0 spiro atoms. The van der Waals surface area contributed by atoms with Gasteiger partial charge in [0, 0.05) is 31.1 Å². The van der Waals surface area contributed by atoms with Gasteiger partial charge in [0.1, 0.15) is 5.75 Å². The van der Waals surface area contributed by atoms with Crippen LogP contribution >= 0.6 is 24.0 Å². The van der Waals surface area contributed by atoms with E-state index >= 15 is 0 Å². The molecule has 0 radical (unpaired) electrons. The van der Waals surface area contributed by atoms with Crippen LogP contribution in [-0.2, 0) is 4.79 Å². The predicted molar refractivity (Wildman–Crippen MR) is 89.3 cm³/mol. The van der Waals surface area contributed by atoms with Crippen molar-refractivity contribution < 1.29 is 9.53 Å². The van der Waals surface area contributed by atoms with Crippen molar-refractivity contribution in [2.24, 2.45) is 5.73 Å². The van der Waals surface area contributed by atoms with Crippen molar-refractivity contribution in [3.05, 3.63) is 29.3 Å². The molecular formula is C15H24Cl2N2O2. The Morgan fingerprint density at radius 2 is 2.19 bits per heavy atom. The highest BCUT2D eigenvalue weighted by atomic mass is 35.5. The van der Waals surface area contributed by atoms with Gasteiger partial charge in [-0.3, -0.25) is 4.79 Å². The van der Waals surface area contributed by atoms with Crippen molar-refractivity contribution >= 4 is 29.9 Å². The number of carbonyl (C=O) groups excluding carboxylic acids is 1. The van der Waals surface area contributed by atoms with Crippen LogP contribution < -0.4 is 10.5 Å². The number of hydrogen-bond donors (Lipinski definition) is 1. The summed E-state index contributed by atoms with van der Waals surface area (Å²) in [5, 5.41) is 0.658. The number of rotatable bonds is 8. The van der Waals surface area contributed by atoms with Crippen molar-refractivity contribution in [2.45, 2.75) is 32.2 Å². The Hall–Kier alpha value is -0.970. The van der Waals surface area contributed by atoms with E-state index in [0.29, 0.717) is 24.6 Å². The van der Waals surface area contributed by atoms with Crippen LogP contribution in [-0.4, -0.2) is 37.0 Å². The highest BCUT2D eigenvalue weighted by Crippen LogP contribution is 2.17. The predicted octanol–water partition coefficient (Wildman–Crippen LogP) is 3.12. The second-order valence-corrected chi connectivity index (χ2v) is 5.43. The van der Waals surface area contributed by atoms with E-state index in [4.69, 9.17) is 22.1 Å². The van der Waals surface area contributed by atoms with Gasteiger partial charge in [-0.1, -0.05) is 17.7 Å². The normalized spacial score (nSPS) is 11.4. The van der Waals surface area contributed by atoms with Gasteiger partial charge in [0.2, 0.25) is 5.91 Å². The molecule has 120 valence electrons. The highest BCUT2D eigenvalue weighted by molar-refractivity contribution is 6.30. The molecule has 0 fully saturated rings. The van der Waals surface area contributed by atoms with Crippen LogP contribution in [0.2, 0.25) is 5.02 Å². The van der Waals surface area contributed by atoms with E-state index in [9.17, 15) is 4.79 Å². The highest BCUT2D eigenvalue weighted by Gasteiger charge is 2.09. The molecule has 0 aliphatic carbocycles. The van der Waals surface area contributed by atoms with E-state index in [1.807, 2.05) is 26.1 Å². The summed E-state index contributed by atoms with van der Waals surface area (Å²) in [4.78, 5) is 13.5. The van der Waals surface area contributed by atoms with Gasteiger partial charge in [-0.05, 0) is 38.0 Å². The van der Waals surface area contributed by atoms with Crippen molar-refractivity contribution in [2.75, 3.05) is 20.2 Å². The van der Waals surface area contributed by atoms with Gasteiger partial charge in [-0.15, -0.1) is 12.4 Å². The van der Waals surface area contributed by atoms with E-state index < -0.39 is 0 Å². The average molecular weight is 335 g/mol. The van der Waals surface area contributed by atoms with Crippen molar-refractivity contribution in [1.29, 1.82) is 0 Å². The molecule has 2 N–H and O–H groups in total. The summed E-state index contributed by atoms with van der Waals surface area (Å²) < 4.78 is 5.57. The second kappa shape index (κ2) is 10.7. The van der Waals surface area contributed by atoms with E-state index in [1.54, 1.807) is 17.0 Å². The molecule has 4 nitrogen and oxygen atoms in total. The first kappa shape index (κ1) is 20.0. The maximum absolute atomic E-state index is 11.8. The number of halogens is 2. The maximum Gasteiger partial charge on any atom is 0.222 e. The largest absolute Gasteiger partial charge is 0.493 e. The van der Waals surface area contributed by atoms with Gasteiger partial charge in [0.15, 0.2) is 0 Å². The monoisotopic (exact) mass is 334 g/mol. The lowest BCUT2D eigenvalue weighted by Gasteiger charge is -2.17. The zero-order valence-corrected chi connectivity index (χ0v) is 14.1. The summed E-state index contributed by atoms with van der Waals surface area (Å²) in [5.74, 6) is 0.883. The fourth-order valence-electron chi connectivity index (χ4n) is 1.72. The van der Waals surface area contributed by atoms with Gasteiger partial charge in [-0.25, -0.2) is 0 Å². The zero-order valence-electron chi connectivity index (χ0n) is 12.5. The molecule has 1 unspecified atom stereocenters. The second-order valence-electron chi connectivity index (χ2n) is 4.99. The fourth-order valence-corrected chi connectivity index (χ4v) is 1.90. The number of ether oxygens (including phenoxy) is 1. The molecular weight excluding hydrogens is 311 g/mol. The molecule has 1 rings (SSSR count). The molecule has 1 atom stereocenters. The first-order valence-electron chi connectivity index (χ1n) is 6.87. The van der Waals surface area contributed by atoms with E-state index in [2.05, 4.69) is 0 Å². The minimum Gasteiger partial charge on any atom is -0.493 e. The Morgan fingerprint density at radius 3 is 2.81 bits per heavy atom. The van der Waals surface area contributed by atoms with Crippen molar-refractivity contribution in [3.8, 4) is 5.75 Å². The number of benzene rings is 1. The zero-order chi connectivity index (χ0) is 15.0. The van der Waals surface area contributed by atoms with Crippen LogP contribution in [0.1, 0.15) is 26.2 Å². The molecule has 0 aliphatic rings. The smallest absolute Gasteiger partial charge is 0.222 e. The minimum atomic E-state index is 0. The quantitative estimate of drug-likeness (QED) is 0.743. The first-order valence-corrected chi connectivity index (χ1v) is 7.24. The molecule has 1 aromatic rings. The van der Waals surface area contributed by atoms with Gasteiger partial charge in [-0.2, -0.15) is 0 Å². The van der Waals surface area contributed by atoms with Crippen LogP contribution in [0.5, 0.6) is 5.75 Å². The van der Waals surface area contributed by atoms with E-state index in [-0.39, 0.29) is 24.4 Å². The Balaban J connectivity index is 0.00000400. The molecule has 21 heavy (non-hydrogen) atoms. The third-order valence-corrected chi connectivity index (χ3v) is 3.18. The SMILES string of the molecule is CC(N)CCC(=O)N(C)CCCOc1cccc(Cl)c1.Cl. The standard InChI is InChI=1S/C15H23ClN2O2.ClH/c1-12(17)7-8-15(19)18(2)9-4-10-20-14-6-3-5-13(16)11-14;/h3,5-6,11-12H,4,7-10,17H2,1-2H3;1H. The lowest BCUT2D eigenvalue weighted by atomic mass is 10.2. The summed E-state index contributed by atoms with van der Waals surface area (Å²) in [6.45, 7) is 3.15. The lowest BCUT2D eigenvalue weighted by Crippen LogP contribution is -2.30. The summed E-state index contributed by atoms with van der Waals surface area (Å²) in [7, 11) is 1.81. The summed E-state index contributed by atoms with van der Waals surface area (Å²) >= 11 is 5.87.